The van der Waals surface area contributed by atoms with E-state index in [1.807, 2.05) is 77.5 Å². The summed E-state index contributed by atoms with van der Waals surface area (Å²) in [4.78, 5) is 0. The monoisotopic (exact) mass is 374 g/mol. The molecule has 3 aromatic carbocycles. The number of anilines is 1. The van der Waals surface area contributed by atoms with Gasteiger partial charge in [0.05, 0.1) is 17.6 Å². The normalized spacial score (nSPS) is 13.2. The number of fused-ring (bicyclic) bond motifs is 1. The predicted octanol–water partition coefficient (Wildman–Crippen LogP) is 5.67. The Bertz CT molecular complexity index is 1060. The minimum atomic E-state index is -0.140. The standard InChI is InChI=1S/C22H19ClN4/c1-2-20(27-21-14-7-6-13-19(21)25-26-27)22(16-9-4-3-5-10-16)24-18-12-8-11-17(23)15-18/h2-15,20,22,24H,1H2. The molecule has 1 aromatic heterocycles. The number of nitrogens with zero attached hydrogens (tertiary/aromatic N) is 3. The molecule has 5 heteroatoms. The van der Waals surface area contributed by atoms with Gasteiger partial charge in [0.1, 0.15) is 5.52 Å². The summed E-state index contributed by atoms with van der Waals surface area (Å²) in [7, 11) is 0. The largest absolute Gasteiger partial charge is 0.376 e. The summed E-state index contributed by atoms with van der Waals surface area (Å²) in [5.41, 5.74) is 3.89. The first kappa shape index (κ1) is 17.3. The zero-order valence-electron chi connectivity index (χ0n) is 14.7. The molecule has 27 heavy (non-hydrogen) atoms. The SMILES string of the molecule is C=CC(C(Nc1cccc(Cl)c1)c1ccccc1)n1nnc2ccccc21. The molecular weight excluding hydrogens is 356 g/mol. The Morgan fingerprint density at radius 2 is 1.74 bits per heavy atom. The van der Waals surface area contributed by atoms with E-state index in [2.05, 4.69) is 34.3 Å². The maximum Gasteiger partial charge on any atom is 0.113 e. The predicted molar refractivity (Wildman–Crippen MR) is 111 cm³/mol. The molecule has 2 unspecified atom stereocenters. The third-order valence-electron chi connectivity index (χ3n) is 4.55. The van der Waals surface area contributed by atoms with Crippen LogP contribution in [0.25, 0.3) is 11.0 Å². The summed E-state index contributed by atoms with van der Waals surface area (Å²) in [6.45, 7) is 4.07. The first-order valence-electron chi connectivity index (χ1n) is 8.76. The van der Waals surface area contributed by atoms with Crippen molar-refractivity contribution in [3.63, 3.8) is 0 Å². The second kappa shape index (κ2) is 7.64. The number of hydrogen-bond acceptors (Lipinski definition) is 3. The highest BCUT2D eigenvalue weighted by Gasteiger charge is 2.25. The van der Waals surface area contributed by atoms with Crippen LogP contribution in [0.4, 0.5) is 5.69 Å². The fourth-order valence-corrected chi connectivity index (χ4v) is 3.46. The van der Waals surface area contributed by atoms with Gasteiger partial charge in [-0.05, 0) is 35.9 Å². The van der Waals surface area contributed by atoms with Crippen LogP contribution >= 0.6 is 11.6 Å². The zero-order chi connectivity index (χ0) is 18.6. The van der Waals surface area contributed by atoms with Crippen molar-refractivity contribution < 1.29 is 0 Å². The average Bonchev–Trinajstić information content (AvgIpc) is 3.13. The number of halogens is 1. The Labute approximate surface area is 163 Å². The number of benzene rings is 3. The van der Waals surface area contributed by atoms with Crippen molar-refractivity contribution in [1.29, 1.82) is 0 Å². The van der Waals surface area contributed by atoms with Crippen LogP contribution in [-0.4, -0.2) is 15.0 Å². The molecule has 134 valence electrons. The average molecular weight is 375 g/mol. The molecule has 0 radical (unpaired) electrons. The van der Waals surface area contributed by atoms with Crippen LogP contribution in [0.5, 0.6) is 0 Å². The molecule has 0 saturated heterocycles. The van der Waals surface area contributed by atoms with Crippen molar-refractivity contribution in [2.75, 3.05) is 5.32 Å². The van der Waals surface area contributed by atoms with Gasteiger partial charge in [0.15, 0.2) is 0 Å². The number of para-hydroxylation sites is 1. The molecular formula is C22H19ClN4. The first-order chi connectivity index (χ1) is 13.3. The summed E-state index contributed by atoms with van der Waals surface area (Å²) in [5, 5.41) is 13.0. The topological polar surface area (TPSA) is 42.7 Å². The molecule has 4 rings (SSSR count). The third-order valence-corrected chi connectivity index (χ3v) is 4.78. The summed E-state index contributed by atoms with van der Waals surface area (Å²) in [5.74, 6) is 0. The van der Waals surface area contributed by atoms with Gasteiger partial charge in [0.25, 0.3) is 0 Å². The fourth-order valence-electron chi connectivity index (χ4n) is 3.27. The van der Waals surface area contributed by atoms with E-state index in [1.165, 1.54) is 0 Å². The van der Waals surface area contributed by atoms with Gasteiger partial charge in [0, 0.05) is 10.7 Å². The van der Waals surface area contributed by atoms with Crippen molar-refractivity contribution in [2.24, 2.45) is 0 Å². The van der Waals surface area contributed by atoms with Crippen molar-refractivity contribution in [2.45, 2.75) is 12.1 Å². The van der Waals surface area contributed by atoms with Crippen LogP contribution in [0.15, 0.2) is 91.5 Å². The Balaban J connectivity index is 1.79. The molecule has 0 aliphatic rings. The zero-order valence-corrected chi connectivity index (χ0v) is 15.4. The van der Waals surface area contributed by atoms with E-state index in [4.69, 9.17) is 11.6 Å². The highest BCUT2D eigenvalue weighted by molar-refractivity contribution is 6.30. The lowest BCUT2D eigenvalue weighted by Gasteiger charge is -2.27. The van der Waals surface area contributed by atoms with Crippen LogP contribution < -0.4 is 5.32 Å². The van der Waals surface area contributed by atoms with Crippen LogP contribution in [-0.2, 0) is 0 Å². The molecule has 0 fully saturated rings. The van der Waals surface area contributed by atoms with Gasteiger partial charge < -0.3 is 5.32 Å². The van der Waals surface area contributed by atoms with E-state index in [9.17, 15) is 0 Å². The van der Waals surface area contributed by atoms with Gasteiger partial charge in [-0.1, -0.05) is 71.4 Å². The van der Waals surface area contributed by atoms with Gasteiger partial charge in [-0.25, -0.2) is 4.68 Å². The van der Waals surface area contributed by atoms with Gasteiger partial charge in [-0.15, -0.1) is 11.7 Å². The molecule has 0 saturated carbocycles. The van der Waals surface area contributed by atoms with E-state index >= 15 is 0 Å². The lowest BCUT2D eigenvalue weighted by Crippen LogP contribution is -2.23. The van der Waals surface area contributed by atoms with Gasteiger partial charge in [-0.3, -0.25) is 0 Å². The molecule has 2 atom stereocenters. The van der Waals surface area contributed by atoms with E-state index < -0.39 is 0 Å². The minimum Gasteiger partial charge on any atom is -0.376 e. The van der Waals surface area contributed by atoms with E-state index in [1.54, 1.807) is 0 Å². The molecule has 0 bridgehead atoms. The Kier molecular flexibility index (Phi) is 4.90. The molecule has 0 aliphatic carbocycles. The molecule has 4 aromatic rings. The Hall–Kier alpha value is -3.11. The number of aromatic nitrogens is 3. The summed E-state index contributed by atoms with van der Waals surface area (Å²) >= 11 is 6.18. The molecule has 0 spiro atoms. The van der Waals surface area contributed by atoms with E-state index in [-0.39, 0.29) is 12.1 Å². The maximum absolute atomic E-state index is 6.18. The van der Waals surface area contributed by atoms with Crippen molar-refractivity contribution in [1.82, 2.24) is 15.0 Å². The van der Waals surface area contributed by atoms with Crippen LogP contribution in [0, 0.1) is 0 Å². The molecule has 1 N–H and O–H groups in total. The lowest BCUT2D eigenvalue weighted by molar-refractivity contribution is 0.478. The highest BCUT2D eigenvalue weighted by Crippen LogP contribution is 2.33. The second-order valence-electron chi connectivity index (χ2n) is 6.29. The summed E-state index contributed by atoms with van der Waals surface area (Å²) in [6, 6.07) is 25.7. The Morgan fingerprint density at radius 1 is 0.963 bits per heavy atom. The summed E-state index contributed by atoms with van der Waals surface area (Å²) in [6.07, 6.45) is 1.90. The van der Waals surface area contributed by atoms with Crippen molar-refractivity contribution in [3.8, 4) is 0 Å². The van der Waals surface area contributed by atoms with Crippen LogP contribution in [0.1, 0.15) is 17.6 Å². The second-order valence-corrected chi connectivity index (χ2v) is 6.73. The van der Waals surface area contributed by atoms with Crippen LogP contribution in [0.2, 0.25) is 5.02 Å². The third kappa shape index (κ3) is 3.57. The summed E-state index contributed by atoms with van der Waals surface area (Å²) < 4.78 is 1.91. The maximum atomic E-state index is 6.18. The van der Waals surface area contributed by atoms with Crippen molar-refractivity contribution in [3.05, 3.63) is 102 Å². The van der Waals surface area contributed by atoms with E-state index in [0.29, 0.717) is 5.02 Å². The number of rotatable bonds is 6. The van der Waals surface area contributed by atoms with Gasteiger partial charge in [-0.2, -0.15) is 0 Å². The highest BCUT2D eigenvalue weighted by atomic mass is 35.5. The molecule has 0 amide bonds. The number of nitrogens with one attached hydrogen (secondary N) is 1. The molecule has 1 heterocycles. The fraction of sp³-hybridized carbons (Fsp3) is 0.0909. The Morgan fingerprint density at radius 3 is 2.52 bits per heavy atom. The number of hydrogen-bond donors (Lipinski definition) is 1. The lowest BCUT2D eigenvalue weighted by atomic mass is 9.98. The van der Waals surface area contributed by atoms with Crippen LogP contribution in [0.3, 0.4) is 0 Å². The molecule has 0 aliphatic heterocycles. The van der Waals surface area contributed by atoms with Gasteiger partial charge >= 0.3 is 0 Å². The minimum absolute atomic E-state index is 0.0905. The molecule has 4 nitrogen and oxygen atoms in total. The van der Waals surface area contributed by atoms with Crippen molar-refractivity contribution >= 4 is 28.3 Å². The quantitative estimate of drug-likeness (QED) is 0.442. The smallest absolute Gasteiger partial charge is 0.113 e. The first-order valence-corrected chi connectivity index (χ1v) is 9.13. The van der Waals surface area contributed by atoms with Gasteiger partial charge in [0.2, 0.25) is 0 Å². The van der Waals surface area contributed by atoms with E-state index in [0.717, 1.165) is 22.3 Å².